The number of likely N-dealkylation sites (tertiary alicyclic amines) is 1. The first-order valence-electron chi connectivity index (χ1n) is 13.5. The molecule has 3 aromatic rings. The van der Waals surface area contributed by atoms with E-state index in [0.717, 1.165) is 36.3 Å². The molecule has 2 fully saturated rings. The smallest absolute Gasteiger partial charge is 0.295 e. The molecular formula is C32H33ClN2O5. The summed E-state index contributed by atoms with van der Waals surface area (Å²) in [4.78, 5) is 30.4. The maximum atomic E-state index is 13.3. The zero-order valence-electron chi connectivity index (χ0n) is 22.5. The number of rotatable bonds is 9. The van der Waals surface area contributed by atoms with Crippen molar-refractivity contribution >= 4 is 29.1 Å². The number of ketones is 1. The highest BCUT2D eigenvalue weighted by molar-refractivity contribution is 6.46. The molecule has 7 nitrogen and oxygen atoms in total. The fraction of sp³-hybridized carbons (Fsp3) is 0.312. The van der Waals surface area contributed by atoms with Crippen molar-refractivity contribution in [3.05, 3.63) is 106 Å². The molecule has 0 aliphatic carbocycles. The molecular weight excluding hydrogens is 528 g/mol. The molecule has 1 unspecified atom stereocenters. The number of hydrogen-bond donors (Lipinski definition) is 1. The van der Waals surface area contributed by atoms with Crippen LogP contribution >= 0.6 is 11.6 Å². The number of carbonyl (C=O) groups excluding carboxylic acids is 2. The summed E-state index contributed by atoms with van der Waals surface area (Å²) in [5.74, 6) is -0.875. The van der Waals surface area contributed by atoms with Crippen LogP contribution in [0.1, 0.15) is 34.7 Å². The summed E-state index contributed by atoms with van der Waals surface area (Å²) in [6, 6.07) is 21.3. The molecule has 2 aliphatic heterocycles. The van der Waals surface area contributed by atoms with Crippen LogP contribution in [0, 0.1) is 6.92 Å². The normalized spacial score (nSPS) is 19.2. The molecule has 0 bridgehead atoms. The summed E-state index contributed by atoms with van der Waals surface area (Å²) in [7, 11) is 0. The number of Topliss-reactive ketones (excluding diaryl/α,β-unsaturated/α-hetero) is 1. The van der Waals surface area contributed by atoms with Gasteiger partial charge in [-0.3, -0.25) is 14.5 Å². The van der Waals surface area contributed by atoms with Crippen molar-refractivity contribution in [3.8, 4) is 5.75 Å². The van der Waals surface area contributed by atoms with Crippen LogP contribution in [0.3, 0.4) is 0 Å². The van der Waals surface area contributed by atoms with E-state index in [2.05, 4.69) is 11.0 Å². The summed E-state index contributed by atoms with van der Waals surface area (Å²) < 4.78 is 11.3. The molecule has 1 atom stereocenters. The molecule has 1 amide bonds. The zero-order chi connectivity index (χ0) is 28.1. The van der Waals surface area contributed by atoms with Gasteiger partial charge in [-0.15, -0.1) is 0 Å². The Morgan fingerprint density at radius 3 is 2.42 bits per heavy atom. The van der Waals surface area contributed by atoms with Crippen molar-refractivity contribution in [2.45, 2.75) is 26.0 Å². The molecule has 40 heavy (non-hydrogen) atoms. The number of benzene rings is 3. The van der Waals surface area contributed by atoms with Gasteiger partial charge in [-0.2, -0.15) is 0 Å². The third-order valence-electron chi connectivity index (χ3n) is 7.32. The minimum absolute atomic E-state index is 0.0760. The van der Waals surface area contributed by atoms with Crippen LogP contribution in [-0.4, -0.2) is 66.0 Å². The van der Waals surface area contributed by atoms with E-state index in [0.29, 0.717) is 49.1 Å². The topological polar surface area (TPSA) is 79.3 Å². The minimum atomic E-state index is -0.709. The second kappa shape index (κ2) is 12.7. The highest BCUT2D eigenvalue weighted by Gasteiger charge is 2.45. The van der Waals surface area contributed by atoms with E-state index >= 15 is 0 Å². The highest BCUT2D eigenvalue weighted by Crippen LogP contribution is 2.40. The van der Waals surface area contributed by atoms with Crippen molar-refractivity contribution in [1.29, 1.82) is 0 Å². The highest BCUT2D eigenvalue weighted by atomic mass is 35.5. The van der Waals surface area contributed by atoms with Gasteiger partial charge in [-0.05, 0) is 60.9 Å². The first-order chi connectivity index (χ1) is 19.4. The van der Waals surface area contributed by atoms with Crippen LogP contribution in [-0.2, 0) is 20.9 Å². The lowest BCUT2D eigenvalue weighted by molar-refractivity contribution is -0.140. The molecule has 3 aromatic carbocycles. The first-order valence-corrected chi connectivity index (χ1v) is 13.9. The molecule has 0 aromatic heterocycles. The van der Waals surface area contributed by atoms with Gasteiger partial charge in [-0.25, -0.2) is 0 Å². The van der Waals surface area contributed by atoms with Crippen LogP contribution in [0.25, 0.3) is 5.76 Å². The average molecular weight is 561 g/mol. The van der Waals surface area contributed by atoms with Crippen molar-refractivity contribution in [3.63, 3.8) is 0 Å². The van der Waals surface area contributed by atoms with Crippen molar-refractivity contribution in [2.75, 3.05) is 39.4 Å². The van der Waals surface area contributed by atoms with E-state index in [-0.39, 0.29) is 11.3 Å². The standard InChI is InChI=1S/C32H33ClN2O5/c1-22-4-2-5-23(20-22)21-40-27-12-8-25(9-13-27)30(36)28-29(24-6-10-26(33)11-7-24)35(32(38)31(28)37)15-3-14-34-16-18-39-19-17-34/h2,4-13,20,29,36H,3,14-19,21H2,1H3/b30-28+. The number of morpholine rings is 1. The number of nitrogens with zero attached hydrogens (tertiary/aromatic N) is 2. The van der Waals surface area contributed by atoms with Gasteiger partial charge in [0.25, 0.3) is 11.7 Å². The molecule has 0 saturated carbocycles. The average Bonchev–Trinajstić information content (AvgIpc) is 3.22. The Labute approximate surface area is 239 Å². The molecule has 0 spiro atoms. The molecule has 8 heteroatoms. The predicted molar refractivity (Wildman–Crippen MR) is 154 cm³/mol. The molecule has 2 saturated heterocycles. The van der Waals surface area contributed by atoms with Gasteiger partial charge in [0.05, 0.1) is 24.8 Å². The van der Waals surface area contributed by atoms with Gasteiger partial charge < -0.3 is 19.5 Å². The number of aryl methyl sites for hydroxylation is 1. The van der Waals surface area contributed by atoms with Gasteiger partial charge in [0.15, 0.2) is 0 Å². The van der Waals surface area contributed by atoms with Crippen LogP contribution in [0.15, 0.2) is 78.4 Å². The quantitative estimate of drug-likeness (QED) is 0.215. The van der Waals surface area contributed by atoms with Crippen LogP contribution in [0.5, 0.6) is 5.75 Å². The summed E-state index contributed by atoms with van der Waals surface area (Å²) in [5, 5.41) is 11.9. The Kier molecular flexibility index (Phi) is 8.85. The van der Waals surface area contributed by atoms with Crippen LogP contribution in [0.2, 0.25) is 5.02 Å². The van der Waals surface area contributed by atoms with E-state index in [1.807, 2.05) is 25.1 Å². The molecule has 0 radical (unpaired) electrons. The number of halogens is 1. The fourth-order valence-electron chi connectivity index (χ4n) is 5.22. The Morgan fingerprint density at radius 1 is 1.00 bits per heavy atom. The number of carbonyl (C=O) groups is 2. The van der Waals surface area contributed by atoms with E-state index in [1.54, 1.807) is 53.4 Å². The third-order valence-corrected chi connectivity index (χ3v) is 7.57. The second-order valence-corrected chi connectivity index (χ2v) is 10.6. The number of aliphatic hydroxyl groups excluding tert-OH is 1. The molecule has 2 aliphatic rings. The Bertz CT molecular complexity index is 1380. The lowest BCUT2D eigenvalue weighted by Gasteiger charge is -2.29. The minimum Gasteiger partial charge on any atom is -0.507 e. The second-order valence-electron chi connectivity index (χ2n) is 10.2. The van der Waals surface area contributed by atoms with E-state index in [9.17, 15) is 14.7 Å². The molecule has 208 valence electrons. The van der Waals surface area contributed by atoms with Crippen molar-refractivity contribution in [1.82, 2.24) is 9.80 Å². The summed E-state index contributed by atoms with van der Waals surface area (Å²) in [5.41, 5.74) is 3.45. The van der Waals surface area contributed by atoms with Gasteiger partial charge in [0, 0.05) is 36.8 Å². The van der Waals surface area contributed by atoms with E-state index in [4.69, 9.17) is 21.1 Å². The molecule has 5 rings (SSSR count). The van der Waals surface area contributed by atoms with E-state index < -0.39 is 17.7 Å². The van der Waals surface area contributed by atoms with Crippen molar-refractivity contribution in [2.24, 2.45) is 0 Å². The maximum absolute atomic E-state index is 13.3. The predicted octanol–water partition coefficient (Wildman–Crippen LogP) is 5.37. The van der Waals surface area contributed by atoms with E-state index in [1.165, 1.54) is 0 Å². The van der Waals surface area contributed by atoms with Gasteiger partial charge >= 0.3 is 0 Å². The monoisotopic (exact) mass is 560 g/mol. The Morgan fingerprint density at radius 2 is 1.73 bits per heavy atom. The lowest BCUT2D eigenvalue weighted by Crippen LogP contribution is -2.38. The zero-order valence-corrected chi connectivity index (χ0v) is 23.3. The van der Waals surface area contributed by atoms with Gasteiger partial charge in [0.2, 0.25) is 0 Å². The SMILES string of the molecule is Cc1cccc(COc2ccc(/C(O)=C3\C(=O)C(=O)N(CCCN4CCOCC4)C3c3ccc(Cl)cc3)cc2)c1. The lowest BCUT2D eigenvalue weighted by atomic mass is 9.95. The summed E-state index contributed by atoms with van der Waals surface area (Å²) in [6.45, 7) is 6.73. The fourth-order valence-corrected chi connectivity index (χ4v) is 5.35. The number of aliphatic hydroxyl groups is 1. The number of hydrogen-bond acceptors (Lipinski definition) is 6. The molecule has 2 heterocycles. The maximum Gasteiger partial charge on any atom is 0.295 e. The van der Waals surface area contributed by atoms with Crippen LogP contribution < -0.4 is 4.74 Å². The molecule has 1 N–H and O–H groups in total. The Balaban J connectivity index is 1.38. The van der Waals surface area contributed by atoms with Gasteiger partial charge in [-0.1, -0.05) is 53.6 Å². The summed E-state index contributed by atoms with van der Waals surface area (Å²) in [6.07, 6.45) is 0.699. The third kappa shape index (κ3) is 6.39. The summed E-state index contributed by atoms with van der Waals surface area (Å²) >= 11 is 6.13. The number of ether oxygens (including phenoxy) is 2. The Hall–Kier alpha value is -3.65. The van der Waals surface area contributed by atoms with Crippen LogP contribution in [0.4, 0.5) is 0 Å². The largest absolute Gasteiger partial charge is 0.507 e. The van der Waals surface area contributed by atoms with Gasteiger partial charge in [0.1, 0.15) is 18.1 Å². The van der Waals surface area contributed by atoms with Crippen molar-refractivity contribution < 1.29 is 24.2 Å². The first kappa shape index (κ1) is 27.9. The number of amides is 1.